The molecule has 1 atom stereocenters. The van der Waals surface area contributed by atoms with E-state index in [4.69, 9.17) is 0 Å². The van der Waals surface area contributed by atoms with Gasteiger partial charge < -0.3 is 37.2 Å². The minimum absolute atomic E-state index is 0. The molecule has 0 bridgehead atoms. The third-order valence-electron chi connectivity index (χ3n) is 5.39. The van der Waals surface area contributed by atoms with Crippen molar-refractivity contribution < 1.29 is 57.7 Å². The van der Waals surface area contributed by atoms with E-state index in [1.165, 1.54) is 22.3 Å². The van der Waals surface area contributed by atoms with Gasteiger partial charge in [0.05, 0.1) is 0 Å². The Morgan fingerprint density at radius 1 is 0.667 bits per heavy atom. The molecule has 1 unspecified atom stereocenters. The van der Waals surface area contributed by atoms with Gasteiger partial charge in [-0.1, -0.05) is 0 Å². The molecule has 4 rings (SSSR count). The molecule has 0 N–H and O–H groups in total. The summed E-state index contributed by atoms with van der Waals surface area (Å²) in [4.78, 5) is 0. The van der Waals surface area contributed by atoms with Crippen LogP contribution in [0.1, 0.15) is 29.2 Å². The van der Waals surface area contributed by atoms with E-state index in [1.54, 1.807) is 0 Å². The number of benzene rings is 3. The zero-order chi connectivity index (χ0) is 16.6. The fourth-order valence-electron chi connectivity index (χ4n) is 3.91. The summed E-state index contributed by atoms with van der Waals surface area (Å²) < 4.78 is -0.0910. The maximum atomic E-state index is 2.39. The first-order valence-electron chi connectivity index (χ1n) is 8.31. The van der Waals surface area contributed by atoms with E-state index in [1.807, 2.05) is 0 Å². The molecule has 4 heteroatoms. The van der Waals surface area contributed by atoms with Crippen molar-refractivity contribution in [3.05, 3.63) is 113 Å². The van der Waals surface area contributed by atoms with E-state index in [0.29, 0.717) is 0 Å². The van der Waals surface area contributed by atoms with Crippen molar-refractivity contribution in [2.24, 2.45) is 0 Å². The first kappa shape index (κ1) is 24.0. The van der Waals surface area contributed by atoms with Gasteiger partial charge in [0.25, 0.3) is 0 Å². The van der Waals surface area contributed by atoms with Crippen LogP contribution >= 0.6 is 0 Å². The van der Waals surface area contributed by atoms with Gasteiger partial charge in [0.1, 0.15) is 0 Å². The van der Waals surface area contributed by atoms with Crippen LogP contribution in [0.5, 0.6) is 0 Å². The minimum atomic E-state index is -0.140. The van der Waals surface area contributed by atoms with Crippen molar-refractivity contribution in [2.75, 3.05) is 0 Å². The number of allylic oxidation sites excluding steroid dienone is 1. The zero-order valence-corrected chi connectivity index (χ0v) is 18.7. The van der Waals surface area contributed by atoms with E-state index in [0.717, 1.165) is 0 Å². The molecule has 0 saturated carbocycles. The van der Waals surface area contributed by atoms with E-state index < -0.39 is 0 Å². The maximum Gasteiger partial charge on any atom is -1.00 e. The van der Waals surface area contributed by atoms with Gasteiger partial charge in [-0.3, -0.25) is 0 Å². The molecular weight excluding hydrogens is 430 g/mol. The maximum absolute atomic E-state index is 2.39. The average molecular weight is 450 g/mol. The van der Waals surface area contributed by atoms with Gasteiger partial charge >= 0.3 is 156 Å². The fourth-order valence-corrected chi connectivity index (χ4v) is 4.84. The summed E-state index contributed by atoms with van der Waals surface area (Å²) in [6.45, 7) is 2.38. The Balaban J connectivity index is 0.00000121. The van der Waals surface area contributed by atoms with Crippen molar-refractivity contribution in [3.8, 4) is 0 Å². The van der Waals surface area contributed by atoms with Crippen LogP contribution in [0.3, 0.4) is 0 Å². The van der Waals surface area contributed by atoms with Crippen molar-refractivity contribution in [2.45, 2.75) is 16.1 Å². The summed E-state index contributed by atoms with van der Waals surface area (Å²) in [6.07, 6.45) is 4.66. The molecule has 0 heterocycles. The van der Waals surface area contributed by atoms with Crippen LogP contribution in [0.15, 0.2) is 91.0 Å². The monoisotopic (exact) mass is 448 g/mol. The molecule has 0 aliphatic heterocycles. The summed E-state index contributed by atoms with van der Waals surface area (Å²) in [5.41, 5.74) is 5.29. The predicted molar refractivity (Wildman–Crippen MR) is 96.5 cm³/mol. The van der Waals surface area contributed by atoms with Crippen LogP contribution in [0, 0.1) is 0 Å². The van der Waals surface area contributed by atoms with Gasteiger partial charge in [-0.05, 0) is 0 Å². The molecule has 3 aromatic rings. The second-order valence-electron chi connectivity index (χ2n) is 6.59. The Labute approximate surface area is 192 Å². The third kappa shape index (κ3) is 3.79. The third-order valence-corrected chi connectivity index (χ3v) is 6.85. The number of rotatable bonds is 3. The smallest absolute Gasteiger partial charge is 1.00 e. The topological polar surface area (TPSA) is 0 Å². The fraction of sp³-hybridized carbons (Fsp3) is 0.130. The molecule has 1 aliphatic rings. The van der Waals surface area contributed by atoms with E-state index >= 15 is 0 Å². The Hall–Kier alpha value is -1.02. The molecule has 3 aromatic carbocycles. The Morgan fingerprint density at radius 2 is 1.11 bits per heavy atom. The number of hydrogen-bond donors (Lipinski definition) is 0. The first-order chi connectivity index (χ1) is 11.7. The van der Waals surface area contributed by atoms with Gasteiger partial charge in [0, 0.05) is 0 Å². The molecule has 0 fully saturated rings. The van der Waals surface area contributed by atoms with Crippen molar-refractivity contribution in [1.82, 2.24) is 0 Å². The van der Waals surface area contributed by atoms with Crippen LogP contribution in [0.2, 0.25) is 0 Å². The molecular formula is C23H19Cl3Ti. The summed E-state index contributed by atoms with van der Waals surface area (Å²) in [7, 11) is 0. The van der Waals surface area contributed by atoms with Gasteiger partial charge in [-0.25, -0.2) is 0 Å². The Bertz CT molecular complexity index is 854. The summed E-state index contributed by atoms with van der Waals surface area (Å²) in [5.74, 6) is 0. The minimum Gasteiger partial charge on any atom is -1.00 e. The molecule has 0 radical (unpaired) electrons. The van der Waals surface area contributed by atoms with Gasteiger partial charge in [0.2, 0.25) is 0 Å². The van der Waals surface area contributed by atoms with Gasteiger partial charge in [-0.2, -0.15) is 0 Å². The second kappa shape index (κ2) is 9.46. The standard InChI is InChI=1S/C23H19.3ClH.Ti/c1-23(19-11-4-2-5-12-19,20-13-6-3-7-14-20)22-17-16-18-10-8-9-15-21(18)22;;;;/h2-17H,1H3;3*1H;/q;;;;+3/p-3. The van der Waals surface area contributed by atoms with Crippen molar-refractivity contribution >= 4 is 6.08 Å². The van der Waals surface area contributed by atoms with Gasteiger partial charge in [-0.15, -0.1) is 0 Å². The quantitative estimate of drug-likeness (QED) is 0.364. The molecule has 0 amide bonds. The molecule has 0 spiro atoms. The summed E-state index contributed by atoms with van der Waals surface area (Å²) >= 11 is 2.37. The number of halogens is 3. The molecule has 136 valence electrons. The predicted octanol–water partition coefficient (Wildman–Crippen LogP) is -3.53. The van der Waals surface area contributed by atoms with E-state index in [2.05, 4.69) is 124 Å². The Kier molecular flexibility index (Phi) is 8.41. The Morgan fingerprint density at radius 3 is 1.63 bits per heavy atom. The van der Waals surface area contributed by atoms with Crippen molar-refractivity contribution in [1.29, 1.82) is 0 Å². The van der Waals surface area contributed by atoms with Crippen molar-refractivity contribution in [3.63, 3.8) is 0 Å². The van der Waals surface area contributed by atoms with Crippen LogP contribution < -0.4 is 37.2 Å². The second-order valence-corrected chi connectivity index (χ2v) is 7.82. The van der Waals surface area contributed by atoms with Crippen LogP contribution in [0.25, 0.3) is 6.08 Å². The van der Waals surface area contributed by atoms with Gasteiger partial charge in [0.15, 0.2) is 0 Å². The molecule has 0 aromatic heterocycles. The number of fused-ring (bicyclic) bond motifs is 1. The molecule has 1 aliphatic carbocycles. The van der Waals surface area contributed by atoms with Crippen LogP contribution in [-0.4, -0.2) is 0 Å². The SMILES string of the molecule is CC(c1ccccc1)(c1ccccc1)[C]1([Ti+3])C=Cc2ccccc21.[Cl-].[Cl-].[Cl-]. The normalized spacial score (nSPS) is 17.1. The number of hydrogen-bond acceptors (Lipinski definition) is 0. The zero-order valence-electron chi connectivity index (χ0n) is 14.9. The van der Waals surface area contributed by atoms with E-state index in [9.17, 15) is 0 Å². The summed E-state index contributed by atoms with van der Waals surface area (Å²) in [5, 5.41) is 0. The largest absolute Gasteiger partial charge is 1.00 e. The molecule has 0 saturated heterocycles. The van der Waals surface area contributed by atoms with E-state index in [-0.39, 0.29) is 46.4 Å². The van der Waals surface area contributed by atoms with Crippen LogP contribution in [-0.2, 0) is 29.6 Å². The average Bonchev–Trinajstić information content (AvgIpc) is 3.01. The van der Waals surface area contributed by atoms with Crippen LogP contribution in [0.4, 0.5) is 0 Å². The molecule has 27 heavy (non-hydrogen) atoms. The molecule has 0 nitrogen and oxygen atoms in total. The summed E-state index contributed by atoms with van der Waals surface area (Å²) in [6, 6.07) is 30.6. The first-order valence-corrected chi connectivity index (χ1v) is 9.09.